The zero-order valence-corrected chi connectivity index (χ0v) is 14.6. The van der Waals surface area contributed by atoms with Crippen molar-refractivity contribution in [3.8, 4) is 5.88 Å². The van der Waals surface area contributed by atoms with Gasteiger partial charge in [-0.05, 0) is 42.1 Å². The monoisotopic (exact) mass is 351 g/mol. The summed E-state index contributed by atoms with van der Waals surface area (Å²) in [6.07, 6.45) is 2.46. The van der Waals surface area contributed by atoms with E-state index in [9.17, 15) is 4.79 Å². The minimum absolute atomic E-state index is 0.0501. The van der Waals surface area contributed by atoms with Crippen molar-refractivity contribution in [2.45, 2.75) is 26.0 Å². The number of hydrogen-bond acceptors (Lipinski definition) is 4. The first-order valence-electron chi connectivity index (χ1n) is 8.74. The number of nitrogens with one attached hydrogen (secondary N) is 2. The number of fused-ring (bicyclic) bond motifs is 1. The van der Waals surface area contributed by atoms with Gasteiger partial charge < -0.3 is 19.8 Å². The SMILES string of the molecule is Cc1cc2cc(CNC(=O)c3ccc(O[C@H]4CCOC4)nc3)ccc2[nH]1. The van der Waals surface area contributed by atoms with Crippen molar-refractivity contribution in [3.63, 3.8) is 0 Å². The molecule has 0 radical (unpaired) electrons. The number of aromatic nitrogens is 2. The lowest BCUT2D eigenvalue weighted by Crippen LogP contribution is -2.23. The summed E-state index contributed by atoms with van der Waals surface area (Å²) < 4.78 is 11.0. The maximum absolute atomic E-state index is 12.3. The minimum atomic E-state index is -0.154. The summed E-state index contributed by atoms with van der Waals surface area (Å²) in [6, 6.07) is 11.7. The first kappa shape index (κ1) is 16.6. The number of rotatable bonds is 5. The van der Waals surface area contributed by atoms with E-state index < -0.39 is 0 Å². The molecule has 1 amide bonds. The second kappa shape index (κ2) is 7.17. The maximum atomic E-state index is 12.3. The molecule has 6 heteroatoms. The van der Waals surface area contributed by atoms with Crippen LogP contribution in [0.3, 0.4) is 0 Å². The number of aromatic amines is 1. The summed E-state index contributed by atoms with van der Waals surface area (Å²) in [6.45, 7) is 3.81. The van der Waals surface area contributed by atoms with E-state index in [1.165, 1.54) is 0 Å². The van der Waals surface area contributed by atoms with Gasteiger partial charge in [-0.25, -0.2) is 4.98 Å². The van der Waals surface area contributed by atoms with Gasteiger partial charge in [0, 0.05) is 36.4 Å². The van der Waals surface area contributed by atoms with E-state index in [4.69, 9.17) is 9.47 Å². The first-order valence-corrected chi connectivity index (χ1v) is 8.74. The highest BCUT2D eigenvalue weighted by Gasteiger charge is 2.17. The molecular weight excluding hydrogens is 330 g/mol. The smallest absolute Gasteiger partial charge is 0.253 e. The van der Waals surface area contributed by atoms with Crippen molar-refractivity contribution in [1.29, 1.82) is 0 Å². The van der Waals surface area contributed by atoms with Gasteiger partial charge in [-0.2, -0.15) is 0 Å². The van der Waals surface area contributed by atoms with Gasteiger partial charge in [-0.15, -0.1) is 0 Å². The average molecular weight is 351 g/mol. The van der Waals surface area contributed by atoms with Gasteiger partial charge in [-0.3, -0.25) is 4.79 Å². The van der Waals surface area contributed by atoms with E-state index in [2.05, 4.69) is 27.4 Å². The molecule has 1 aliphatic heterocycles. The van der Waals surface area contributed by atoms with Crippen molar-refractivity contribution in [2.24, 2.45) is 0 Å². The van der Waals surface area contributed by atoms with Gasteiger partial charge in [0.25, 0.3) is 5.91 Å². The molecule has 1 aliphatic rings. The van der Waals surface area contributed by atoms with Gasteiger partial charge >= 0.3 is 0 Å². The third-order valence-electron chi connectivity index (χ3n) is 4.45. The zero-order valence-electron chi connectivity index (χ0n) is 14.6. The summed E-state index contributed by atoms with van der Waals surface area (Å²) in [7, 11) is 0. The van der Waals surface area contributed by atoms with Crippen LogP contribution in [0.15, 0.2) is 42.6 Å². The number of carbonyl (C=O) groups excluding carboxylic acids is 1. The molecule has 0 saturated carbocycles. The Bertz CT molecular complexity index is 912. The molecule has 26 heavy (non-hydrogen) atoms. The molecule has 4 rings (SSSR count). The van der Waals surface area contributed by atoms with Gasteiger partial charge in [0.15, 0.2) is 0 Å². The van der Waals surface area contributed by atoms with Crippen LogP contribution in [0.5, 0.6) is 5.88 Å². The quantitative estimate of drug-likeness (QED) is 0.741. The number of H-pyrrole nitrogens is 1. The Labute approximate surface area is 151 Å². The summed E-state index contributed by atoms with van der Waals surface area (Å²) in [5.41, 5.74) is 3.79. The molecule has 3 aromatic rings. The Morgan fingerprint density at radius 3 is 3.04 bits per heavy atom. The highest BCUT2D eigenvalue weighted by Crippen LogP contribution is 2.17. The highest BCUT2D eigenvalue weighted by molar-refractivity contribution is 5.94. The fraction of sp³-hybridized carbons (Fsp3) is 0.300. The molecule has 3 heterocycles. The third-order valence-corrected chi connectivity index (χ3v) is 4.45. The van der Waals surface area contributed by atoms with E-state index in [0.717, 1.165) is 35.2 Å². The van der Waals surface area contributed by atoms with E-state index in [-0.39, 0.29) is 12.0 Å². The standard InChI is InChI=1S/C20H21N3O3/c1-13-8-16-9-14(2-4-18(16)23-13)10-22-20(24)15-3-5-19(21-11-15)26-17-6-7-25-12-17/h2-5,8-9,11,17,23H,6-7,10,12H2,1H3,(H,22,24)/t17-/m0/s1. The van der Waals surface area contributed by atoms with Crippen LogP contribution in [-0.4, -0.2) is 35.2 Å². The lowest BCUT2D eigenvalue weighted by molar-refractivity contribution is 0.0950. The Morgan fingerprint density at radius 2 is 2.27 bits per heavy atom. The predicted molar refractivity (Wildman–Crippen MR) is 98.3 cm³/mol. The fourth-order valence-electron chi connectivity index (χ4n) is 3.08. The molecule has 0 aliphatic carbocycles. The van der Waals surface area contributed by atoms with Crippen LogP contribution in [-0.2, 0) is 11.3 Å². The number of hydrogen-bond donors (Lipinski definition) is 2. The van der Waals surface area contributed by atoms with Crippen molar-refractivity contribution in [1.82, 2.24) is 15.3 Å². The molecule has 0 unspecified atom stereocenters. The highest BCUT2D eigenvalue weighted by atomic mass is 16.5. The number of carbonyl (C=O) groups is 1. The summed E-state index contributed by atoms with van der Waals surface area (Å²) in [5, 5.41) is 4.08. The molecule has 0 spiro atoms. The van der Waals surface area contributed by atoms with Crippen LogP contribution in [0.25, 0.3) is 10.9 Å². The van der Waals surface area contributed by atoms with Crippen molar-refractivity contribution in [3.05, 3.63) is 59.4 Å². The van der Waals surface area contributed by atoms with Gasteiger partial charge in [-0.1, -0.05) is 6.07 Å². The second-order valence-electron chi connectivity index (χ2n) is 6.55. The molecule has 6 nitrogen and oxygen atoms in total. The Hall–Kier alpha value is -2.86. The number of aryl methyl sites for hydroxylation is 1. The van der Waals surface area contributed by atoms with Crippen LogP contribution >= 0.6 is 0 Å². The maximum Gasteiger partial charge on any atom is 0.253 e. The zero-order chi connectivity index (χ0) is 17.9. The lowest BCUT2D eigenvalue weighted by Gasteiger charge is -2.11. The molecule has 1 saturated heterocycles. The van der Waals surface area contributed by atoms with E-state index in [1.807, 2.05) is 19.1 Å². The lowest BCUT2D eigenvalue weighted by atomic mass is 10.1. The molecular formula is C20H21N3O3. The Balaban J connectivity index is 1.36. The number of pyridine rings is 1. The molecule has 1 atom stereocenters. The normalized spacial score (nSPS) is 16.7. The van der Waals surface area contributed by atoms with Crippen molar-refractivity contribution >= 4 is 16.8 Å². The van der Waals surface area contributed by atoms with Crippen molar-refractivity contribution in [2.75, 3.05) is 13.2 Å². The van der Waals surface area contributed by atoms with Gasteiger partial charge in [0.05, 0.1) is 18.8 Å². The van der Waals surface area contributed by atoms with Crippen LogP contribution in [0.1, 0.15) is 28.0 Å². The van der Waals surface area contributed by atoms with Gasteiger partial charge in [0.1, 0.15) is 6.10 Å². The second-order valence-corrected chi connectivity index (χ2v) is 6.55. The number of ether oxygens (including phenoxy) is 2. The summed E-state index contributed by atoms with van der Waals surface area (Å²) in [4.78, 5) is 19.8. The van der Waals surface area contributed by atoms with Crippen molar-refractivity contribution < 1.29 is 14.3 Å². The molecule has 134 valence electrons. The molecule has 1 fully saturated rings. The average Bonchev–Trinajstić information content (AvgIpc) is 3.28. The number of amides is 1. The fourth-order valence-corrected chi connectivity index (χ4v) is 3.08. The topological polar surface area (TPSA) is 76.2 Å². The van der Waals surface area contributed by atoms with E-state index in [1.54, 1.807) is 18.3 Å². The van der Waals surface area contributed by atoms with Crippen LogP contribution in [0.2, 0.25) is 0 Å². The van der Waals surface area contributed by atoms with E-state index in [0.29, 0.717) is 24.6 Å². The molecule has 2 aromatic heterocycles. The predicted octanol–water partition coefficient (Wildman–Crippen LogP) is 2.97. The Kier molecular flexibility index (Phi) is 4.58. The minimum Gasteiger partial charge on any atom is -0.472 e. The molecule has 2 N–H and O–H groups in total. The van der Waals surface area contributed by atoms with Crippen LogP contribution in [0.4, 0.5) is 0 Å². The molecule has 0 bridgehead atoms. The van der Waals surface area contributed by atoms with E-state index >= 15 is 0 Å². The number of benzene rings is 1. The van der Waals surface area contributed by atoms with Gasteiger partial charge in [0.2, 0.25) is 5.88 Å². The first-order chi connectivity index (χ1) is 12.7. The van der Waals surface area contributed by atoms with Crippen LogP contribution in [0, 0.1) is 6.92 Å². The summed E-state index contributed by atoms with van der Waals surface area (Å²) in [5.74, 6) is 0.365. The van der Waals surface area contributed by atoms with Crippen LogP contribution < -0.4 is 10.1 Å². The Morgan fingerprint density at radius 1 is 1.35 bits per heavy atom. The third kappa shape index (κ3) is 3.70. The summed E-state index contributed by atoms with van der Waals surface area (Å²) >= 11 is 0. The molecule has 1 aromatic carbocycles. The number of nitrogens with zero attached hydrogens (tertiary/aromatic N) is 1. The largest absolute Gasteiger partial charge is 0.472 e.